The molecule has 92 valence electrons. The number of aryl methyl sites for hydroxylation is 1. The molecule has 0 fully saturated rings. The second kappa shape index (κ2) is 4.58. The minimum absolute atomic E-state index is 0.515. The van der Waals surface area contributed by atoms with Gasteiger partial charge in [-0.15, -0.1) is 0 Å². The molecule has 0 radical (unpaired) electrons. The van der Waals surface area contributed by atoms with E-state index in [2.05, 4.69) is 67.4 Å². The van der Waals surface area contributed by atoms with E-state index in [0.717, 1.165) is 13.1 Å². The topological polar surface area (TPSA) is 3.24 Å². The van der Waals surface area contributed by atoms with E-state index in [0.29, 0.717) is 5.92 Å². The summed E-state index contributed by atoms with van der Waals surface area (Å²) in [5, 5.41) is 0. The van der Waals surface area contributed by atoms with E-state index in [1.165, 1.54) is 16.7 Å². The van der Waals surface area contributed by atoms with Crippen LogP contribution in [-0.2, 0) is 6.54 Å². The van der Waals surface area contributed by atoms with Crippen LogP contribution < -0.4 is 0 Å². The Kier molecular flexibility index (Phi) is 2.92. The van der Waals surface area contributed by atoms with Gasteiger partial charge in [-0.05, 0) is 36.2 Å². The summed E-state index contributed by atoms with van der Waals surface area (Å²) in [5.74, 6) is 0.515. The molecule has 1 aliphatic rings. The van der Waals surface area contributed by atoms with Gasteiger partial charge in [-0.3, -0.25) is 0 Å². The number of hydrogen-bond donors (Lipinski definition) is 0. The second-order valence-corrected chi connectivity index (χ2v) is 5.31. The van der Waals surface area contributed by atoms with Gasteiger partial charge < -0.3 is 4.90 Å². The molecule has 0 saturated heterocycles. The summed E-state index contributed by atoms with van der Waals surface area (Å²) < 4.78 is 0. The minimum atomic E-state index is 0.515. The number of nitrogens with zero attached hydrogens (tertiary/aromatic N) is 1. The third kappa shape index (κ3) is 1.95. The lowest BCUT2D eigenvalue weighted by Gasteiger charge is -2.33. The van der Waals surface area contributed by atoms with E-state index in [-0.39, 0.29) is 0 Å². The number of benzene rings is 2. The third-order valence-electron chi connectivity index (χ3n) is 3.90. The van der Waals surface area contributed by atoms with Crippen LogP contribution in [0.4, 0.5) is 0 Å². The van der Waals surface area contributed by atoms with Crippen molar-refractivity contribution in [3.05, 3.63) is 70.8 Å². The zero-order valence-electron chi connectivity index (χ0n) is 11.1. The normalized spacial score (nSPS) is 19.6. The Morgan fingerprint density at radius 1 is 1.00 bits per heavy atom. The molecule has 0 N–H and O–H groups in total. The van der Waals surface area contributed by atoms with Crippen molar-refractivity contribution in [1.29, 1.82) is 0 Å². The van der Waals surface area contributed by atoms with Crippen LogP contribution in [0.1, 0.15) is 28.2 Å². The van der Waals surface area contributed by atoms with Crippen molar-refractivity contribution in [2.45, 2.75) is 19.4 Å². The van der Waals surface area contributed by atoms with E-state index < -0.39 is 0 Å². The van der Waals surface area contributed by atoms with Gasteiger partial charge >= 0.3 is 0 Å². The molecule has 1 atom stereocenters. The van der Waals surface area contributed by atoms with Gasteiger partial charge in [0.15, 0.2) is 0 Å². The summed E-state index contributed by atoms with van der Waals surface area (Å²) in [6, 6.07) is 17.6. The highest BCUT2D eigenvalue weighted by atomic mass is 15.1. The summed E-state index contributed by atoms with van der Waals surface area (Å²) in [7, 11) is 2.21. The summed E-state index contributed by atoms with van der Waals surface area (Å²) in [6.45, 7) is 4.42. The lowest BCUT2D eigenvalue weighted by molar-refractivity contribution is 0.294. The van der Waals surface area contributed by atoms with Gasteiger partial charge in [0.25, 0.3) is 0 Å². The number of fused-ring (bicyclic) bond motifs is 1. The maximum Gasteiger partial charge on any atom is 0.0234 e. The first-order valence-corrected chi connectivity index (χ1v) is 6.57. The van der Waals surface area contributed by atoms with Crippen molar-refractivity contribution in [2.24, 2.45) is 0 Å². The molecular weight excluding hydrogens is 218 g/mol. The summed E-state index contributed by atoms with van der Waals surface area (Å²) in [4.78, 5) is 2.42. The molecule has 0 amide bonds. The molecule has 0 aromatic heterocycles. The van der Waals surface area contributed by atoms with Crippen molar-refractivity contribution in [2.75, 3.05) is 13.6 Å². The van der Waals surface area contributed by atoms with E-state index >= 15 is 0 Å². The zero-order chi connectivity index (χ0) is 12.5. The van der Waals surface area contributed by atoms with Crippen molar-refractivity contribution in [3.63, 3.8) is 0 Å². The SMILES string of the molecule is Cc1cccc2c1[C@@H](c1ccccc1)CN(C)C2. The fourth-order valence-electron chi connectivity index (χ4n) is 3.09. The van der Waals surface area contributed by atoms with E-state index in [4.69, 9.17) is 0 Å². The number of hydrogen-bond acceptors (Lipinski definition) is 1. The molecule has 1 nitrogen and oxygen atoms in total. The average Bonchev–Trinajstić information content (AvgIpc) is 2.39. The van der Waals surface area contributed by atoms with E-state index in [1.807, 2.05) is 0 Å². The first-order chi connectivity index (χ1) is 8.75. The van der Waals surface area contributed by atoms with Crippen LogP contribution in [0, 0.1) is 6.92 Å². The molecule has 2 aromatic carbocycles. The van der Waals surface area contributed by atoms with Gasteiger partial charge in [-0.25, -0.2) is 0 Å². The average molecular weight is 237 g/mol. The predicted molar refractivity (Wildman–Crippen MR) is 75.8 cm³/mol. The molecule has 1 heterocycles. The van der Waals surface area contributed by atoms with Crippen LogP contribution in [0.5, 0.6) is 0 Å². The Hall–Kier alpha value is -1.60. The lowest BCUT2D eigenvalue weighted by atomic mass is 9.82. The fraction of sp³-hybridized carbons (Fsp3) is 0.294. The molecule has 0 spiro atoms. The summed E-state index contributed by atoms with van der Waals surface area (Å²) in [5.41, 5.74) is 5.88. The molecule has 18 heavy (non-hydrogen) atoms. The molecule has 0 saturated carbocycles. The van der Waals surface area contributed by atoms with Crippen molar-refractivity contribution in [3.8, 4) is 0 Å². The largest absolute Gasteiger partial charge is 0.301 e. The first-order valence-electron chi connectivity index (χ1n) is 6.57. The van der Waals surface area contributed by atoms with Crippen LogP contribution in [0.2, 0.25) is 0 Å². The Morgan fingerprint density at radius 2 is 1.78 bits per heavy atom. The molecule has 3 rings (SSSR count). The Bertz CT molecular complexity index is 545. The van der Waals surface area contributed by atoms with Gasteiger partial charge in [0, 0.05) is 19.0 Å². The standard InChI is InChI=1S/C17H19N/c1-13-7-6-10-15-11-18(2)12-16(17(13)15)14-8-4-3-5-9-14/h3-10,16H,11-12H2,1-2H3/t16-/m1/s1. The van der Waals surface area contributed by atoms with Crippen molar-refractivity contribution < 1.29 is 0 Å². The summed E-state index contributed by atoms with van der Waals surface area (Å²) in [6.07, 6.45) is 0. The second-order valence-electron chi connectivity index (χ2n) is 5.31. The van der Waals surface area contributed by atoms with Gasteiger partial charge in [0.2, 0.25) is 0 Å². The first kappa shape index (κ1) is 11.5. The van der Waals surface area contributed by atoms with Crippen LogP contribution >= 0.6 is 0 Å². The van der Waals surface area contributed by atoms with Gasteiger partial charge in [-0.1, -0.05) is 48.5 Å². The quantitative estimate of drug-likeness (QED) is 0.733. The highest BCUT2D eigenvalue weighted by Crippen LogP contribution is 2.34. The molecule has 2 aromatic rings. The Morgan fingerprint density at radius 3 is 2.56 bits per heavy atom. The Labute approximate surface area is 109 Å². The molecule has 0 bridgehead atoms. The van der Waals surface area contributed by atoms with Crippen LogP contribution in [0.3, 0.4) is 0 Å². The van der Waals surface area contributed by atoms with Crippen molar-refractivity contribution >= 4 is 0 Å². The van der Waals surface area contributed by atoms with Crippen LogP contribution in [0.25, 0.3) is 0 Å². The third-order valence-corrected chi connectivity index (χ3v) is 3.90. The van der Waals surface area contributed by atoms with E-state index in [9.17, 15) is 0 Å². The number of rotatable bonds is 1. The van der Waals surface area contributed by atoms with Crippen LogP contribution in [-0.4, -0.2) is 18.5 Å². The molecule has 0 unspecified atom stereocenters. The highest BCUT2D eigenvalue weighted by Gasteiger charge is 2.25. The monoisotopic (exact) mass is 237 g/mol. The lowest BCUT2D eigenvalue weighted by Crippen LogP contribution is -2.31. The predicted octanol–water partition coefficient (Wildman–Crippen LogP) is 3.57. The molecule has 1 heteroatoms. The van der Waals surface area contributed by atoms with Gasteiger partial charge in [0.1, 0.15) is 0 Å². The van der Waals surface area contributed by atoms with Gasteiger partial charge in [0.05, 0.1) is 0 Å². The summed E-state index contributed by atoms with van der Waals surface area (Å²) >= 11 is 0. The zero-order valence-corrected chi connectivity index (χ0v) is 11.1. The maximum absolute atomic E-state index is 2.42. The van der Waals surface area contributed by atoms with Crippen LogP contribution in [0.15, 0.2) is 48.5 Å². The smallest absolute Gasteiger partial charge is 0.0234 e. The fourth-order valence-corrected chi connectivity index (χ4v) is 3.09. The minimum Gasteiger partial charge on any atom is -0.301 e. The molecule has 0 aliphatic carbocycles. The van der Waals surface area contributed by atoms with E-state index in [1.54, 1.807) is 5.56 Å². The van der Waals surface area contributed by atoms with Gasteiger partial charge in [-0.2, -0.15) is 0 Å². The maximum atomic E-state index is 2.42. The molecular formula is C17H19N. The van der Waals surface area contributed by atoms with Crippen molar-refractivity contribution in [1.82, 2.24) is 4.90 Å². The number of likely N-dealkylation sites (N-methyl/N-ethyl adjacent to an activating group) is 1. The highest BCUT2D eigenvalue weighted by molar-refractivity contribution is 5.44. The Balaban J connectivity index is 2.13. The molecule has 1 aliphatic heterocycles.